The Labute approximate surface area is 102 Å². The van der Waals surface area contributed by atoms with Crippen molar-refractivity contribution in [2.24, 2.45) is 5.41 Å². The molecular formula is C14H20FNO. The number of halogens is 1. The number of hydrogen-bond donors (Lipinski definition) is 1. The van der Waals surface area contributed by atoms with Crippen molar-refractivity contribution in [3.63, 3.8) is 0 Å². The zero-order valence-corrected chi connectivity index (χ0v) is 11.1. The molecule has 1 rings (SSSR count). The van der Waals surface area contributed by atoms with E-state index < -0.39 is 5.41 Å². The van der Waals surface area contributed by atoms with Crippen molar-refractivity contribution in [1.82, 2.24) is 5.32 Å². The van der Waals surface area contributed by atoms with Crippen molar-refractivity contribution in [2.75, 3.05) is 0 Å². The highest BCUT2D eigenvalue weighted by Gasteiger charge is 2.20. The third-order valence-corrected chi connectivity index (χ3v) is 2.63. The lowest BCUT2D eigenvalue weighted by molar-refractivity contribution is -0.128. The second-order valence-corrected chi connectivity index (χ2v) is 5.48. The monoisotopic (exact) mass is 237 g/mol. The number of nitrogens with one attached hydrogen (secondary N) is 1. The van der Waals surface area contributed by atoms with Crippen LogP contribution < -0.4 is 5.32 Å². The van der Waals surface area contributed by atoms with Gasteiger partial charge in [-0.3, -0.25) is 4.79 Å². The fraction of sp³-hybridized carbons (Fsp3) is 0.500. The summed E-state index contributed by atoms with van der Waals surface area (Å²) in [6.45, 7) is 9.50. The number of hydrogen-bond acceptors (Lipinski definition) is 1. The Balaban J connectivity index is 2.74. The standard InChI is InChI=1S/C14H20FNO/c1-9-6-11(7-10(2)12(9)15)8-16-13(17)14(3,4)5/h6-7H,8H2,1-5H3,(H,16,17). The zero-order chi connectivity index (χ0) is 13.2. The molecule has 2 nitrogen and oxygen atoms in total. The van der Waals surface area contributed by atoms with E-state index in [0.29, 0.717) is 17.7 Å². The minimum Gasteiger partial charge on any atom is -0.352 e. The van der Waals surface area contributed by atoms with Crippen LogP contribution >= 0.6 is 0 Å². The minimum atomic E-state index is -0.399. The van der Waals surface area contributed by atoms with Crippen LogP contribution in [0.5, 0.6) is 0 Å². The van der Waals surface area contributed by atoms with E-state index in [9.17, 15) is 9.18 Å². The van der Waals surface area contributed by atoms with E-state index in [0.717, 1.165) is 5.56 Å². The Morgan fingerprint density at radius 1 is 1.24 bits per heavy atom. The van der Waals surface area contributed by atoms with Gasteiger partial charge >= 0.3 is 0 Å². The predicted molar refractivity (Wildman–Crippen MR) is 67.2 cm³/mol. The molecule has 0 saturated heterocycles. The van der Waals surface area contributed by atoms with E-state index >= 15 is 0 Å². The summed E-state index contributed by atoms with van der Waals surface area (Å²) in [5.41, 5.74) is 1.76. The van der Waals surface area contributed by atoms with Gasteiger partial charge in [0, 0.05) is 12.0 Å². The molecule has 0 aliphatic heterocycles. The van der Waals surface area contributed by atoms with Gasteiger partial charge in [-0.05, 0) is 30.5 Å². The smallest absolute Gasteiger partial charge is 0.225 e. The summed E-state index contributed by atoms with van der Waals surface area (Å²) in [5, 5.41) is 2.85. The quantitative estimate of drug-likeness (QED) is 0.841. The first-order valence-electron chi connectivity index (χ1n) is 5.75. The molecule has 17 heavy (non-hydrogen) atoms. The predicted octanol–water partition coefficient (Wildman–Crippen LogP) is 3.10. The Morgan fingerprint density at radius 2 is 1.71 bits per heavy atom. The van der Waals surface area contributed by atoms with Crippen LogP contribution in [-0.2, 0) is 11.3 Å². The van der Waals surface area contributed by atoms with Gasteiger partial charge in [-0.25, -0.2) is 4.39 Å². The van der Waals surface area contributed by atoms with Crippen LogP contribution in [-0.4, -0.2) is 5.91 Å². The number of amides is 1. The Bertz CT molecular complexity index is 409. The van der Waals surface area contributed by atoms with Crippen molar-refractivity contribution >= 4 is 5.91 Å². The van der Waals surface area contributed by atoms with Gasteiger partial charge in [-0.15, -0.1) is 0 Å². The average molecular weight is 237 g/mol. The summed E-state index contributed by atoms with van der Waals surface area (Å²) in [6.07, 6.45) is 0. The van der Waals surface area contributed by atoms with Gasteiger partial charge in [0.1, 0.15) is 5.82 Å². The average Bonchev–Trinajstić information content (AvgIpc) is 2.20. The molecule has 0 aromatic heterocycles. The Hall–Kier alpha value is -1.38. The molecule has 0 spiro atoms. The SMILES string of the molecule is Cc1cc(CNC(=O)C(C)(C)C)cc(C)c1F. The molecule has 94 valence electrons. The summed E-state index contributed by atoms with van der Waals surface area (Å²) in [7, 11) is 0. The van der Waals surface area contributed by atoms with Crippen LogP contribution in [0.1, 0.15) is 37.5 Å². The maximum Gasteiger partial charge on any atom is 0.225 e. The van der Waals surface area contributed by atoms with Crippen LogP contribution in [0.25, 0.3) is 0 Å². The summed E-state index contributed by atoms with van der Waals surface area (Å²) in [5.74, 6) is -0.173. The fourth-order valence-electron chi connectivity index (χ4n) is 1.59. The summed E-state index contributed by atoms with van der Waals surface area (Å²) >= 11 is 0. The maximum atomic E-state index is 13.4. The van der Waals surface area contributed by atoms with Crippen LogP contribution in [0.2, 0.25) is 0 Å². The molecule has 0 unspecified atom stereocenters. The van der Waals surface area contributed by atoms with Gasteiger partial charge in [0.05, 0.1) is 0 Å². The summed E-state index contributed by atoms with van der Waals surface area (Å²) in [6, 6.07) is 3.54. The molecule has 1 N–H and O–H groups in total. The molecule has 0 aliphatic carbocycles. The van der Waals surface area contributed by atoms with E-state index in [2.05, 4.69) is 5.32 Å². The number of aryl methyl sites for hydroxylation is 2. The van der Waals surface area contributed by atoms with Crippen LogP contribution in [0, 0.1) is 25.1 Å². The van der Waals surface area contributed by atoms with E-state index in [1.165, 1.54) is 0 Å². The Morgan fingerprint density at radius 3 is 2.12 bits per heavy atom. The van der Waals surface area contributed by atoms with E-state index in [1.807, 2.05) is 20.8 Å². The molecule has 0 aliphatic rings. The molecule has 1 aromatic carbocycles. The second kappa shape index (κ2) is 4.86. The maximum absolute atomic E-state index is 13.4. The molecule has 1 aromatic rings. The highest BCUT2D eigenvalue weighted by atomic mass is 19.1. The van der Waals surface area contributed by atoms with Gasteiger partial charge in [0.15, 0.2) is 0 Å². The van der Waals surface area contributed by atoms with E-state index in [1.54, 1.807) is 26.0 Å². The first-order valence-corrected chi connectivity index (χ1v) is 5.75. The minimum absolute atomic E-state index is 0.00266. The lowest BCUT2D eigenvalue weighted by atomic mass is 9.95. The fourth-order valence-corrected chi connectivity index (χ4v) is 1.59. The normalized spacial score (nSPS) is 11.4. The Kier molecular flexibility index (Phi) is 3.91. The van der Waals surface area contributed by atoms with Gasteiger partial charge in [0.2, 0.25) is 5.91 Å². The van der Waals surface area contributed by atoms with E-state index in [4.69, 9.17) is 0 Å². The molecule has 1 amide bonds. The first-order chi connectivity index (χ1) is 7.71. The molecule has 0 saturated carbocycles. The molecule has 0 fully saturated rings. The number of carbonyl (C=O) groups excluding carboxylic acids is 1. The second-order valence-electron chi connectivity index (χ2n) is 5.48. The van der Waals surface area contributed by atoms with Crippen molar-refractivity contribution in [1.29, 1.82) is 0 Å². The van der Waals surface area contributed by atoms with Crippen molar-refractivity contribution in [3.8, 4) is 0 Å². The molecule has 3 heteroatoms. The van der Waals surface area contributed by atoms with Gasteiger partial charge in [-0.1, -0.05) is 32.9 Å². The van der Waals surface area contributed by atoms with Crippen molar-refractivity contribution in [3.05, 3.63) is 34.6 Å². The number of benzene rings is 1. The number of rotatable bonds is 2. The lowest BCUT2D eigenvalue weighted by Gasteiger charge is -2.18. The summed E-state index contributed by atoms with van der Waals surface area (Å²) < 4.78 is 13.4. The van der Waals surface area contributed by atoms with Crippen LogP contribution in [0.3, 0.4) is 0 Å². The molecule has 0 radical (unpaired) electrons. The van der Waals surface area contributed by atoms with Gasteiger partial charge in [-0.2, -0.15) is 0 Å². The van der Waals surface area contributed by atoms with Crippen molar-refractivity contribution in [2.45, 2.75) is 41.2 Å². The van der Waals surface area contributed by atoms with Gasteiger partial charge < -0.3 is 5.32 Å². The van der Waals surface area contributed by atoms with Crippen LogP contribution in [0.15, 0.2) is 12.1 Å². The molecule has 0 heterocycles. The topological polar surface area (TPSA) is 29.1 Å². The molecule has 0 atom stereocenters. The van der Waals surface area contributed by atoms with Crippen LogP contribution in [0.4, 0.5) is 4.39 Å². The highest BCUT2D eigenvalue weighted by molar-refractivity contribution is 5.81. The summed E-state index contributed by atoms with van der Waals surface area (Å²) in [4.78, 5) is 11.7. The largest absolute Gasteiger partial charge is 0.352 e. The first kappa shape index (κ1) is 13.7. The molecule has 0 bridgehead atoms. The lowest BCUT2D eigenvalue weighted by Crippen LogP contribution is -2.34. The third-order valence-electron chi connectivity index (χ3n) is 2.63. The third kappa shape index (κ3) is 3.55. The molecular weight excluding hydrogens is 217 g/mol. The van der Waals surface area contributed by atoms with Crippen molar-refractivity contribution < 1.29 is 9.18 Å². The number of carbonyl (C=O) groups is 1. The van der Waals surface area contributed by atoms with Gasteiger partial charge in [0.25, 0.3) is 0 Å². The highest BCUT2D eigenvalue weighted by Crippen LogP contribution is 2.16. The zero-order valence-electron chi connectivity index (χ0n) is 11.1. The van der Waals surface area contributed by atoms with E-state index in [-0.39, 0.29) is 11.7 Å².